The number of nitrogens with zero attached hydrogens (tertiary/aromatic N) is 2. The number of piperidine rings is 1. The molecule has 1 aliphatic heterocycles. The molecule has 0 aromatic carbocycles. The van der Waals surface area contributed by atoms with Gasteiger partial charge in [0.2, 0.25) is 0 Å². The SMILES string of the molecule is C=CCNC(=NCC1CCN(S(=O)(=O)C(F)(F)F)CC1)NCC.I. The summed E-state index contributed by atoms with van der Waals surface area (Å²) >= 11 is 0. The average molecular weight is 484 g/mol. The number of alkyl halides is 3. The first kappa shape index (κ1) is 23.4. The zero-order valence-electron chi connectivity index (χ0n) is 13.5. The lowest BCUT2D eigenvalue weighted by Gasteiger charge is -2.30. The Morgan fingerprint density at radius 3 is 2.38 bits per heavy atom. The Morgan fingerprint density at radius 1 is 1.33 bits per heavy atom. The maximum Gasteiger partial charge on any atom is 0.511 e. The summed E-state index contributed by atoms with van der Waals surface area (Å²) in [5.41, 5.74) is -5.23. The van der Waals surface area contributed by atoms with E-state index in [9.17, 15) is 21.6 Å². The molecule has 0 spiro atoms. The van der Waals surface area contributed by atoms with Crippen molar-refractivity contribution in [1.29, 1.82) is 0 Å². The summed E-state index contributed by atoms with van der Waals surface area (Å²) in [5, 5.41) is 6.07. The van der Waals surface area contributed by atoms with Gasteiger partial charge >= 0.3 is 15.5 Å². The highest BCUT2D eigenvalue weighted by molar-refractivity contribution is 14.0. The van der Waals surface area contributed by atoms with Crippen molar-refractivity contribution in [3.63, 3.8) is 0 Å². The van der Waals surface area contributed by atoms with Gasteiger partial charge in [0.05, 0.1) is 0 Å². The van der Waals surface area contributed by atoms with Crippen LogP contribution in [-0.4, -0.2) is 56.9 Å². The van der Waals surface area contributed by atoms with Crippen LogP contribution >= 0.6 is 24.0 Å². The zero-order valence-corrected chi connectivity index (χ0v) is 16.6. The molecule has 0 atom stereocenters. The number of sulfonamides is 1. The molecule has 6 nitrogen and oxygen atoms in total. The van der Waals surface area contributed by atoms with Gasteiger partial charge in [-0.1, -0.05) is 6.08 Å². The van der Waals surface area contributed by atoms with Crippen LogP contribution in [0, 0.1) is 5.92 Å². The maximum absolute atomic E-state index is 12.5. The van der Waals surface area contributed by atoms with E-state index < -0.39 is 15.5 Å². The van der Waals surface area contributed by atoms with Crippen molar-refractivity contribution in [2.45, 2.75) is 25.3 Å². The topological polar surface area (TPSA) is 73.8 Å². The van der Waals surface area contributed by atoms with E-state index in [-0.39, 0.29) is 43.0 Å². The second-order valence-corrected chi connectivity index (χ2v) is 7.11. The first-order chi connectivity index (χ1) is 10.7. The Labute approximate surface area is 158 Å². The molecule has 1 saturated heterocycles. The first-order valence-corrected chi connectivity index (χ1v) is 8.85. The van der Waals surface area contributed by atoms with Crippen LogP contribution in [0.2, 0.25) is 0 Å². The fourth-order valence-electron chi connectivity index (χ4n) is 2.21. The molecule has 1 rings (SSSR count). The van der Waals surface area contributed by atoms with Gasteiger partial charge in [0, 0.05) is 32.7 Å². The van der Waals surface area contributed by atoms with Crippen molar-refractivity contribution in [3.05, 3.63) is 12.7 Å². The summed E-state index contributed by atoms with van der Waals surface area (Å²) in [4.78, 5) is 4.37. The summed E-state index contributed by atoms with van der Waals surface area (Å²) in [6.07, 6.45) is 2.41. The lowest BCUT2D eigenvalue weighted by molar-refractivity contribution is -0.0496. The molecule has 2 N–H and O–H groups in total. The van der Waals surface area contributed by atoms with E-state index in [1.54, 1.807) is 6.08 Å². The molecule has 0 saturated carbocycles. The van der Waals surface area contributed by atoms with E-state index in [1.807, 2.05) is 6.92 Å². The predicted octanol–water partition coefficient (Wildman–Crippen LogP) is 1.91. The third-order valence-corrected chi connectivity index (χ3v) is 5.10. The average Bonchev–Trinajstić information content (AvgIpc) is 2.49. The largest absolute Gasteiger partial charge is 0.511 e. The number of aliphatic imine (C=N–C) groups is 1. The summed E-state index contributed by atoms with van der Waals surface area (Å²) in [6.45, 7) is 6.94. The Bertz CT molecular complexity index is 518. The summed E-state index contributed by atoms with van der Waals surface area (Å²) in [7, 11) is -5.21. The molecule has 11 heteroatoms. The van der Waals surface area contributed by atoms with Gasteiger partial charge < -0.3 is 10.6 Å². The van der Waals surface area contributed by atoms with E-state index >= 15 is 0 Å². The van der Waals surface area contributed by atoms with Gasteiger partial charge in [-0.2, -0.15) is 17.5 Å². The molecule has 1 aliphatic rings. The third-order valence-electron chi connectivity index (χ3n) is 3.47. The minimum absolute atomic E-state index is 0. The van der Waals surface area contributed by atoms with Crippen LogP contribution < -0.4 is 10.6 Å². The van der Waals surface area contributed by atoms with Gasteiger partial charge in [-0.05, 0) is 25.7 Å². The number of nitrogens with one attached hydrogen (secondary N) is 2. The molecule has 142 valence electrons. The standard InChI is InChI=1S/C13H23F3N4O2S.HI/c1-3-7-18-12(17-4-2)19-10-11-5-8-20(9-6-11)23(21,22)13(14,15)16;/h3,11H,1,4-10H2,2H3,(H2,17,18,19);1H. The number of hydrogen-bond acceptors (Lipinski definition) is 3. The Balaban J connectivity index is 0.00000529. The predicted molar refractivity (Wildman–Crippen MR) is 98.9 cm³/mol. The Hall–Kier alpha value is -0.560. The normalized spacial score (nSPS) is 17.9. The second-order valence-electron chi connectivity index (χ2n) is 5.18. The minimum atomic E-state index is -5.23. The lowest BCUT2D eigenvalue weighted by Crippen LogP contribution is -2.45. The van der Waals surface area contributed by atoms with Crippen LogP contribution in [0.4, 0.5) is 13.2 Å². The first-order valence-electron chi connectivity index (χ1n) is 7.41. The van der Waals surface area contributed by atoms with E-state index in [0.717, 1.165) is 0 Å². The van der Waals surface area contributed by atoms with Crippen molar-refractivity contribution in [2.75, 3.05) is 32.7 Å². The molecule has 0 unspecified atom stereocenters. The van der Waals surface area contributed by atoms with Crippen molar-refractivity contribution in [3.8, 4) is 0 Å². The van der Waals surface area contributed by atoms with Crippen molar-refractivity contribution in [2.24, 2.45) is 10.9 Å². The van der Waals surface area contributed by atoms with Gasteiger partial charge in [-0.25, -0.2) is 8.42 Å². The van der Waals surface area contributed by atoms with E-state index in [1.165, 1.54) is 0 Å². The maximum atomic E-state index is 12.5. The smallest absolute Gasteiger partial charge is 0.357 e. The molecule has 1 heterocycles. The molecular formula is C13H24F3IN4O2S. The van der Waals surface area contributed by atoms with E-state index in [4.69, 9.17) is 0 Å². The lowest BCUT2D eigenvalue weighted by atomic mass is 9.98. The number of guanidine groups is 1. The number of hydrogen-bond donors (Lipinski definition) is 2. The molecule has 24 heavy (non-hydrogen) atoms. The number of rotatable bonds is 6. The van der Waals surface area contributed by atoms with Crippen LogP contribution in [0.5, 0.6) is 0 Å². The van der Waals surface area contributed by atoms with Crippen molar-refractivity contribution >= 4 is 40.0 Å². The quantitative estimate of drug-likeness (QED) is 0.262. The molecule has 0 aliphatic carbocycles. The molecule has 0 bridgehead atoms. The highest BCUT2D eigenvalue weighted by atomic mass is 127. The summed E-state index contributed by atoms with van der Waals surface area (Å²) in [5.74, 6) is 0.673. The van der Waals surface area contributed by atoms with Gasteiger partial charge in [0.1, 0.15) is 0 Å². The minimum Gasteiger partial charge on any atom is -0.357 e. The molecule has 0 aromatic rings. The van der Waals surface area contributed by atoms with Crippen LogP contribution in [0.25, 0.3) is 0 Å². The van der Waals surface area contributed by atoms with Crippen molar-refractivity contribution in [1.82, 2.24) is 14.9 Å². The van der Waals surface area contributed by atoms with Gasteiger partial charge in [0.15, 0.2) is 5.96 Å². The summed E-state index contributed by atoms with van der Waals surface area (Å²) < 4.78 is 60.7. The highest BCUT2D eigenvalue weighted by Gasteiger charge is 2.50. The fraction of sp³-hybridized carbons (Fsp3) is 0.769. The van der Waals surface area contributed by atoms with Gasteiger partial charge in [0.25, 0.3) is 0 Å². The molecule has 0 amide bonds. The van der Waals surface area contributed by atoms with Crippen molar-refractivity contribution < 1.29 is 21.6 Å². The zero-order chi connectivity index (χ0) is 17.5. The summed E-state index contributed by atoms with van der Waals surface area (Å²) in [6, 6.07) is 0. The van der Waals surface area contributed by atoms with Crippen LogP contribution in [0.1, 0.15) is 19.8 Å². The van der Waals surface area contributed by atoms with Crippen LogP contribution in [0.3, 0.4) is 0 Å². The van der Waals surface area contributed by atoms with E-state index in [2.05, 4.69) is 22.2 Å². The second kappa shape index (κ2) is 10.4. The van der Waals surface area contributed by atoms with E-state index in [0.29, 0.717) is 42.7 Å². The highest BCUT2D eigenvalue weighted by Crippen LogP contribution is 2.30. The monoisotopic (exact) mass is 484 g/mol. The molecular weight excluding hydrogens is 460 g/mol. The van der Waals surface area contributed by atoms with Gasteiger partial charge in [-0.15, -0.1) is 30.6 Å². The molecule has 1 fully saturated rings. The fourth-order valence-corrected chi connectivity index (χ4v) is 3.19. The van der Waals surface area contributed by atoms with Crippen LogP contribution in [-0.2, 0) is 10.0 Å². The van der Waals surface area contributed by atoms with Crippen LogP contribution in [0.15, 0.2) is 17.6 Å². The molecule has 0 radical (unpaired) electrons. The Morgan fingerprint density at radius 2 is 1.92 bits per heavy atom. The third kappa shape index (κ3) is 6.75. The van der Waals surface area contributed by atoms with Gasteiger partial charge in [-0.3, -0.25) is 4.99 Å². The Kier molecular flexibility index (Phi) is 10.2. The molecule has 0 aromatic heterocycles. The number of halogens is 4.